The molecule has 2 aliphatic rings. The molecule has 1 amide bonds. The minimum Gasteiger partial charge on any atom is -0.369 e. The molecule has 0 spiro atoms. The Labute approximate surface area is 132 Å². The number of carbonyl (C=O) groups is 1. The third-order valence-corrected chi connectivity index (χ3v) is 4.33. The molecule has 2 aliphatic heterocycles. The predicted molar refractivity (Wildman–Crippen MR) is 79.9 cm³/mol. The van der Waals surface area contributed by atoms with E-state index < -0.39 is 0 Å². The molecule has 1 N–H and O–H groups in total. The van der Waals surface area contributed by atoms with Crippen LogP contribution < -0.4 is 5.32 Å². The van der Waals surface area contributed by atoms with E-state index in [4.69, 9.17) is 4.74 Å². The van der Waals surface area contributed by atoms with Crippen LogP contribution in [0.4, 0.5) is 4.39 Å². The highest BCUT2D eigenvalue weighted by Crippen LogP contribution is 2.28. The van der Waals surface area contributed by atoms with Gasteiger partial charge in [-0.2, -0.15) is 5.10 Å². The average Bonchev–Trinajstić information content (AvgIpc) is 2.94. The summed E-state index contributed by atoms with van der Waals surface area (Å²) in [5.41, 5.74) is 1.59. The monoisotopic (exact) mass is 319 g/mol. The highest BCUT2D eigenvalue weighted by Gasteiger charge is 2.36. The molecule has 0 saturated carbocycles. The lowest BCUT2D eigenvalue weighted by atomic mass is 9.99. The lowest BCUT2D eigenvalue weighted by Crippen LogP contribution is -2.51. The Hall–Kier alpha value is -2.06. The Bertz CT molecular complexity index is 722. The molecule has 0 radical (unpaired) electrons. The van der Waals surface area contributed by atoms with Gasteiger partial charge in [0.2, 0.25) is 0 Å². The van der Waals surface area contributed by atoms with E-state index in [1.54, 1.807) is 27.9 Å². The van der Waals surface area contributed by atoms with Crippen LogP contribution in [0.5, 0.6) is 0 Å². The summed E-state index contributed by atoms with van der Waals surface area (Å²) in [6.07, 6.45) is 3.12. The molecule has 2 aromatic heterocycles. The Kier molecular flexibility index (Phi) is 3.70. The van der Waals surface area contributed by atoms with Crippen molar-refractivity contribution in [2.24, 2.45) is 5.92 Å². The molecule has 2 fully saturated rings. The fourth-order valence-electron chi connectivity index (χ4n) is 3.07. The van der Waals surface area contributed by atoms with Crippen LogP contribution in [0.3, 0.4) is 0 Å². The van der Waals surface area contributed by atoms with Crippen LogP contribution in [0.1, 0.15) is 22.2 Å². The van der Waals surface area contributed by atoms with Crippen molar-refractivity contribution in [3.63, 3.8) is 0 Å². The van der Waals surface area contributed by atoms with Gasteiger partial charge >= 0.3 is 0 Å². The summed E-state index contributed by atoms with van der Waals surface area (Å²) in [6.45, 7) is 2.48. The first-order valence-electron chi connectivity index (χ1n) is 7.78. The van der Waals surface area contributed by atoms with E-state index >= 15 is 0 Å². The lowest BCUT2D eigenvalue weighted by Gasteiger charge is -2.37. The molecular weight excluding hydrogens is 301 g/mol. The third-order valence-electron chi connectivity index (χ3n) is 4.33. The smallest absolute Gasteiger partial charge is 0.259 e. The second kappa shape index (κ2) is 5.86. The first-order chi connectivity index (χ1) is 11.3. The fourth-order valence-corrected chi connectivity index (χ4v) is 3.07. The Balaban J connectivity index is 1.72. The van der Waals surface area contributed by atoms with Gasteiger partial charge in [0.25, 0.3) is 5.91 Å². The Morgan fingerprint density at radius 2 is 2.35 bits per heavy atom. The third kappa shape index (κ3) is 2.47. The van der Waals surface area contributed by atoms with Crippen molar-refractivity contribution in [1.29, 1.82) is 0 Å². The van der Waals surface area contributed by atoms with Crippen LogP contribution in [0, 0.1) is 5.92 Å². The molecule has 0 aliphatic carbocycles. The number of aromatic nitrogens is 3. The zero-order chi connectivity index (χ0) is 15.8. The number of ether oxygens (including phenoxy) is 1. The summed E-state index contributed by atoms with van der Waals surface area (Å²) in [5.74, 6) is -0.197. The molecule has 4 heterocycles. The zero-order valence-corrected chi connectivity index (χ0v) is 12.6. The minimum atomic E-state index is -0.390. The number of morpholine rings is 1. The van der Waals surface area contributed by atoms with Crippen LogP contribution in [0.25, 0.3) is 5.65 Å². The van der Waals surface area contributed by atoms with Gasteiger partial charge < -0.3 is 15.0 Å². The van der Waals surface area contributed by atoms with Gasteiger partial charge in [0.15, 0.2) is 5.65 Å². The van der Waals surface area contributed by atoms with Crippen molar-refractivity contribution in [2.75, 3.05) is 39.5 Å². The van der Waals surface area contributed by atoms with E-state index in [1.807, 2.05) is 0 Å². The van der Waals surface area contributed by atoms with Crippen molar-refractivity contribution < 1.29 is 13.9 Å². The van der Waals surface area contributed by atoms with Gasteiger partial charge in [0.1, 0.15) is 17.4 Å². The normalized spacial score (nSPS) is 22.3. The van der Waals surface area contributed by atoms with Crippen LogP contribution in [0.15, 0.2) is 18.5 Å². The van der Waals surface area contributed by atoms with Gasteiger partial charge in [-0.1, -0.05) is 0 Å². The molecule has 1 unspecified atom stereocenters. The highest BCUT2D eigenvalue weighted by molar-refractivity contribution is 6.01. The maximum Gasteiger partial charge on any atom is 0.259 e. The number of hydrogen-bond acceptors (Lipinski definition) is 5. The highest BCUT2D eigenvalue weighted by atomic mass is 19.1. The number of nitrogens with zero attached hydrogens (tertiary/aromatic N) is 4. The largest absolute Gasteiger partial charge is 0.369 e. The number of hydrogen-bond donors (Lipinski definition) is 1. The second-order valence-electron chi connectivity index (χ2n) is 5.94. The molecule has 4 rings (SSSR count). The summed E-state index contributed by atoms with van der Waals surface area (Å²) in [7, 11) is 0. The van der Waals surface area contributed by atoms with Gasteiger partial charge in [-0.15, -0.1) is 0 Å². The van der Waals surface area contributed by atoms with Crippen molar-refractivity contribution in [1.82, 2.24) is 24.8 Å². The summed E-state index contributed by atoms with van der Waals surface area (Å²) in [5, 5.41) is 7.75. The van der Waals surface area contributed by atoms with Gasteiger partial charge in [-0.05, 0) is 6.07 Å². The predicted octanol–water partition coefficient (Wildman–Crippen LogP) is 0.432. The van der Waals surface area contributed by atoms with Crippen LogP contribution in [-0.4, -0.2) is 64.9 Å². The summed E-state index contributed by atoms with van der Waals surface area (Å²) in [6, 6.07) is 1.76. The quantitative estimate of drug-likeness (QED) is 0.888. The van der Waals surface area contributed by atoms with Crippen LogP contribution >= 0.6 is 0 Å². The summed E-state index contributed by atoms with van der Waals surface area (Å²) >= 11 is 0. The molecule has 23 heavy (non-hydrogen) atoms. The number of likely N-dealkylation sites (tertiary alicyclic amines) is 1. The van der Waals surface area contributed by atoms with E-state index in [0.717, 1.165) is 6.54 Å². The minimum absolute atomic E-state index is 0.0511. The van der Waals surface area contributed by atoms with Crippen molar-refractivity contribution >= 4 is 11.6 Å². The summed E-state index contributed by atoms with van der Waals surface area (Å²) < 4.78 is 20.0. The maximum absolute atomic E-state index is 12.9. The molecule has 0 bridgehead atoms. The van der Waals surface area contributed by atoms with Crippen LogP contribution in [-0.2, 0) is 4.74 Å². The Morgan fingerprint density at radius 1 is 1.48 bits per heavy atom. The maximum atomic E-state index is 12.9. The molecule has 1 atom stereocenters. The molecular formula is C15H18FN5O2. The fraction of sp³-hybridized carbons (Fsp3) is 0.533. The van der Waals surface area contributed by atoms with Crippen LogP contribution in [0.2, 0.25) is 0 Å². The Morgan fingerprint density at radius 3 is 3.09 bits per heavy atom. The summed E-state index contributed by atoms with van der Waals surface area (Å²) in [4.78, 5) is 18.8. The lowest BCUT2D eigenvalue weighted by molar-refractivity contribution is 0.0226. The number of nitrogens with one attached hydrogen (secondary N) is 1. The standard InChI is InChI=1S/C15H18FN5O2/c16-6-10-8-20(9-10)15(22)12-13(11-7-17-3-5-23-11)19-21-4-1-2-18-14(12)21/h1-2,4,10-11,17H,3,5-9H2. The first-order valence-corrected chi connectivity index (χ1v) is 7.78. The van der Waals surface area contributed by atoms with E-state index in [9.17, 15) is 9.18 Å². The van der Waals surface area contributed by atoms with E-state index in [0.29, 0.717) is 43.1 Å². The number of fused-ring (bicyclic) bond motifs is 1. The number of alkyl halides is 1. The number of amides is 1. The molecule has 7 nitrogen and oxygen atoms in total. The van der Waals surface area contributed by atoms with E-state index in [1.165, 1.54) is 0 Å². The van der Waals surface area contributed by atoms with Crippen molar-refractivity contribution in [3.05, 3.63) is 29.7 Å². The number of rotatable bonds is 3. The molecule has 8 heteroatoms. The van der Waals surface area contributed by atoms with E-state index in [2.05, 4.69) is 15.4 Å². The number of carbonyl (C=O) groups excluding carboxylic acids is 1. The van der Waals surface area contributed by atoms with Gasteiger partial charge in [-0.3, -0.25) is 9.18 Å². The average molecular weight is 319 g/mol. The molecule has 0 aromatic carbocycles. The second-order valence-corrected chi connectivity index (χ2v) is 5.94. The van der Waals surface area contributed by atoms with Gasteiger partial charge in [0, 0.05) is 44.5 Å². The van der Waals surface area contributed by atoms with Crippen molar-refractivity contribution in [3.8, 4) is 0 Å². The van der Waals surface area contributed by atoms with Gasteiger partial charge in [0.05, 0.1) is 13.3 Å². The van der Waals surface area contributed by atoms with E-state index in [-0.39, 0.29) is 24.6 Å². The van der Waals surface area contributed by atoms with Crippen molar-refractivity contribution in [2.45, 2.75) is 6.10 Å². The zero-order valence-electron chi connectivity index (χ0n) is 12.6. The molecule has 2 saturated heterocycles. The topological polar surface area (TPSA) is 71.8 Å². The molecule has 122 valence electrons. The number of halogens is 1. The molecule has 2 aromatic rings. The SMILES string of the molecule is O=C(c1c(C2CNCCO2)nn2cccnc12)N1CC(CF)C1. The van der Waals surface area contributed by atoms with Gasteiger partial charge in [-0.25, -0.2) is 9.50 Å². The first kappa shape index (κ1) is 14.5.